The first-order valence-electron chi connectivity index (χ1n) is 11.1. The molecule has 5 rings (SSSR count). The average molecular weight is 473 g/mol. The number of esters is 1. The number of rotatable bonds is 7. The van der Waals surface area contributed by atoms with E-state index in [-0.39, 0.29) is 17.5 Å². The SMILES string of the molecule is Cc1nc(-c2ccc3ccnc(NCCn4cc5cnc(C(=O)OC(C)C)cn5c4=O)c3c2)no1. The second-order valence-electron chi connectivity index (χ2n) is 8.29. The van der Waals surface area contributed by atoms with E-state index in [1.807, 2.05) is 24.3 Å². The second-order valence-corrected chi connectivity index (χ2v) is 8.29. The lowest BCUT2D eigenvalue weighted by molar-refractivity contribution is 0.0370. The molecule has 0 spiro atoms. The molecule has 0 bridgehead atoms. The van der Waals surface area contributed by atoms with Gasteiger partial charge in [-0.05, 0) is 31.4 Å². The largest absolute Gasteiger partial charge is 0.458 e. The van der Waals surface area contributed by atoms with Crippen LogP contribution in [0.5, 0.6) is 0 Å². The van der Waals surface area contributed by atoms with E-state index in [0.29, 0.717) is 36.1 Å². The van der Waals surface area contributed by atoms with E-state index in [4.69, 9.17) is 9.26 Å². The second kappa shape index (κ2) is 9.01. The Balaban J connectivity index is 1.35. The Labute approximate surface area is 199 Å². The number of hydrogen-bond donors (Lipinski definition) is 1. The molecule has 5 aromatic rings. The van der Waals surface area contributed by atoms with Crippen molar-refractivity contribution in [1.82, 2.24) is 29.1 Å². The van der Waals surface area contributed by atoms with E-state index >= 15 is 0 Å². The maximum Gasteiger partial charge on any atom is 0.358 e. The van der Waals surface area contributed by atoms with Crippen LogP contribution in [-0.4, -0.2) is 47.7 Å². The molecule has 178 valence electrons. The Bertz CT molecular complexity index is 1600. The van der Waals surface area contributed by atoms with Gasteiger partial charge in [-0.2, -0.15) is 4.98 Å². The number of benzene rings is 1. The monoisotopic (exact) mass is 473 g/mol. The Morgan fingerprint density at radius 2 is 2.06 bits per heavy atom. The molecule has 1 aromatic carbocycles. The number of pyridine rings is 1. The number of nitrogens with zero attached hydrogens (tertiary/aromatic N) is 6. The van der Waals surface area contributed by atoms with Gasteiger partial charge in [-0.1, -0.05) is 17.3 Å². The zero-order chi connectivity index (χ0) is 24.5. The highest BCUT2D eigenvalue weighted by atomic mass is 16.5. The van der Waals surface area contributed by atoms with Crippen molar-refractivity contribution >= 4 is 28.1 Å². The zero-order valence-electron chi connectivity index (χ0n) is 19.4. The fraction of sp³-hybridized carbons (Fsp3) is 0.250. The predicted octanol–water partition coefficient (Wildman–Crippen LogP) is 3.08. The molecule has 0 radical (unpaired) electrons. The van der Waals surface area contributed by atoms with E-state index in [9.17, 15) is 9.59 Å². The highest BCUT2D eigenvalue weighted by molar-refractivity contribution is 5.94. The molecule has 0 aliphatic heterocycles. The molecule has 35 heavy (non-hydrogen) atoms. The number of ether oxygens (including phenoxy) is 1. The molecule has 1 N–H and O–H groups in total. The first kappa shape index (κ1) is 22.3. The van der Waals surface area contributed by atoms with Gasteiger partial charge >= 0.3 is 11.7 Å². The van der Waals surface area contributed by atoms with Crippen molar-refractivity contribution in [3.05, 3.63) is 71.1 Å². The summed E-state index contributed by atoms with van der Waals surface area (Å²) in [6.45, 7) is 6.08. The quantitative estimate of drug-likeness (QED) is 0.354. The van der Waals surface area contributed by atoms with Crippen molar-refractivity contribution in [3.8, 4) is 11.4 Å². The summed E-state index contributed by atoms with van der Waals surface area (Å²) < 4.78 is 13.2. The van der Waals surface area contributed by atoms with Gasteiger partial charge in [0.1, 0.15) is 5.82 Å². The molecule has 0 aliphatic carbocycles. The molecule has 0 unspecified atom stereocenters. The summed E-state index contributed by atoms with van der Waals surface area (Å²) in [4.78, 5) is 37.9. The minimum absolute atomic E-state index is 0.0803. The lowest BCUT2D eigenvalue weighted by Crippen LogP contribution is -2.24. The van der Waals surface area contributed by atoms with E-state index in [1.165, 1.54) is 16.8 Å². The number of carbonyl (C=O) groups excluding carboxylic acids is 1. The van der Waals surface area contributed by atoms with Crippen molar-refractivity contribution in [1.29, 1.82) is 0 Å². The molecule has 0 atom stereocenters. The number of hydrogen-bond acceptors (Lipinski definition) is 9. The van der Waals surface area contributed by atoms with Gasteiger partial charge in [-0.25, -0.2) is 19.6 Å². The Morgan fingerprint density at radius 1 is 1.20 bits per heavy atom. The highest BCUT2D eigenvalue weighted by Gasteiger charge is 2.14. The van der Waals surface area contributed by atoms with Crippen LogP contribution in [-0.2, 0) is 11.3 Å². The summed E-state index contributed by atoms with van der Waals surface area (Å²) in [5.74, 6) is 1.12. The molecule has 0 fully saturated rings. The molecular weight excluding hydrogens is 450 g/mol. The van der Waals surface area contributed by atoms with Crippen LogP contribution in [0.2, 0.25) is 0 Å². The van der Waals surface area contributed by atoms with Crippen molar-refractivity contribution in [2.24, 2.45) is 0 Å². The predicted molar refractivity (Wildman–Crippen MR) is 128 cm³/mol. The van der Waals surface area contributed by atoms with Crippen LogP contribution in [0.25, 0.3) is 27.7 Å². The summed E-state index contributed by atoms with van der Waals surface area (Å²) in [5.41, 5.74) is 1.21. The van der Waals surface area contributed by atoms with Gasteiger partial charge in [-0.15, -0.1) is 0 Å². The summed E-state index contributed by atoms with van der Waals surface area (Å²) >= 11 is 0. The normalized spacial score (nSPS) is 11.4. The van der Waals surface area contributed by atoms with Gasteiger partial charge in [-0.3, -0.25) is 8.97 Å². The third-order valence-corrected chi connectivity index (χ3v) is 5.35. The molecule has 11 nitrogen and oxygen atoms in total. The van der Waals surface area contributed by atoms with Crippen molar-refractivity contribution in [3.63, 3.8) is 0 Å². The van der Waals surface area contributed by atoms with Gasteiger partial charge in [0.2, 0.25) is 11.7 Å². The van der Waals surface area contributed by atoms with Gasteiger partial charge in [0.25, 0.3) is 0 Å². The van der Waals surface area contributed by atoms with Crippen LogP contribution in [0, 0.1) is 6.92 Å². The van der Waals surface area contributed by atoms with Crippen LogP contribution < -0.4 is 11.0 Å². The van der Waals surface area contributed by atoms with Gasteiger partial charge in [0.15, 0.2) is 5.69 Å². The lowest BCUT2D eigenvalue weighted by Gasteiger charge is -2.09. The van der Waals surface area contributed by atoms with Crippen LogP contribution in [0.15, 0.2) is 58.4 Å². The average Bonchev–Trinajstić information content (AvgIpc) is 3.41. The third-order valence-electron chi connectivity index (χ3n) is 5.35. The Hall–Kier alpha value is -4.54. The number of imidazole rings is 1. The fourth-order valence-electron chi connectivity index (χ4n) is 3.74. The molecule has 0 saturated carbocycles. The first-order chi connectivity index (χ1) is 16.9. The summed E-state index contributed by atoms with van der Waals surface area (Å²) in [7, 11) is 0. The number of aryl methyl sites for hydroxylation is 1. The molecule has 0 saturated heterocycles. The topological polar surface area (TPSA) is 129 Å². The fourth-order valence-corrected chi connectivity index (χ4v) is 3.74. The summed E-state index contributed by atoms with van der Waals surface area (Å²) in [5, 5.41) is 9.20. The molecule has 4 aromatic heterocycles. The van der Waals surface area contributed by atoms with Gasteiger partial charge < -0.3 is 14.6 Å². The van der Waals surface area contributed by atoms with Crippen molar-refractivity contribution < 1.29 is 14.1 Å². The van der Waals surface area contributed by atoms with Crippen LogP contribution in [0.4, 0.5) is 5.82 Å². The summed E-state index contributed by atoms with van der Waals surface area (Å²) in [6.07, 6.45) is 6.03. The number of fused-ring (bicyclic) bond motifs is 2. The standard InChI is InChI=1S/C24H23N7O4/c1-14(2)34-23(32)20-13-31-18(11-27-20)12-30(24(31)33)9-8-26-22-19-10-17(21-28-15(3)35-29-21)5-4-16(19)6-7-25-22/h4-7,10-14H,8-9H2,1-3H3,(H,25,26). The van der Waals surface area contributed by atoms with Crippen LogP contribution >= 0.6 is 0 Å². The maximum atomic E-state index is 12.9. The lowest BCUT2D eigenvalue weighted by atomic mass is 10.1. The van der Waals surface area contributed by atoms with E-state index in [1.54, 1.807) is 37.7 Å². The van der Waals surface area contributed by atoms with Gasteiger partial charge in [0, 0.05) is 49.6 Å². The minimum atomic E-state index is -0.569. The number of anilines is 1. The molecule has 0 aliphatic rings. The maximum absolute atomic E-state index is 12.9. The molecular formula is C24H23N7O4. The first-order valence-corrected chi connectivity index (χ1v) is 11.1. The summed E-state index contributed by atoms with van der Waals surface area (Å²) in [6, 6.07) is 7.79. The Kier molecular flexibility index (Phi) is 5.73. The van der Waals surface area contributed by atoms with E-state index < -0.39 is 5.97 Å². The van der Waals surface area contributed by atoms with Crippen molar-refractivity contribution in [2.45, 2.75) is 33.4 Å². The Morgan fingerprint density at radius 3 is 2.83 bits per heavy atom. The van der Waals surface area contributed by atoms with Crippen molar-refractivity contribution in [2.75, 3.05) is 11.9 Å². The third kappa shape index (κ3) is 4.47. The number of carbonyl (C=O) groups is 1. The number of aromatic nitrogens is 6. The van der Waals surface area contributed by atoms with Crippen LogP contribution in [0.1, 0.15) is 30.2 Å². The highest BCUT2D eigenvalue weighted by Crippen LogP contribution is 2.26. The smallest absolute Gasteiger partial charge is 0.358 e. The minimum Gasteiger partial charge on any atom is -0.458 e. The zero-order valence-corrected chi connectivity index (χ0v) is 19.4. The molecule has 11 heteroatoms. The number of nitrogens with one attached hydrogen (secondary N) is 1. The van der Waals surface area contributed by atoms with E-state index in [2.05, 4.69) is 25.4 Å². The van der Waals surface area contributed by atoms with Crippen LogP contribution in [0.3, 0.4) is 0 Å². The van der Waals surface area contributed by atoms with E-state index in [0.717, 1.165) is 16.3 Å². The molecule has 4 heterocycles. The molecule has 0 amide bonds. The van der Waals surface area contributed by atoms with Gasteiger partial charge in [0.05, 0.1) is 17.8 Å².